The first-order valence-corrected chi connectivity index (χ1v) is 16.7. The van der Waals surface area contributed by atoms with Crippen molar-refractivity contribution in [3.05, 3.63) is 121 Å². The molecule has 0 nitrogen and oxygen atoms in total. The number of hydrogen-bond donors (Lipinski definition) is 0. The topological polar surface area (TPSA) is 0 Å². The average Bonchev–Trinajstić information content (AvgIpc) is 2.96. The number of rotatable bonds is 10. The van der Waals surface area contributed by atoms with Gasteiger partial charge < -0.3 is 0 Å². The molecule has 0 fully saturated rings. The second-order valence-corrected chi connectivity index (χ2v) is 15.0. The number of hydrogen-bond acceptors (Lipinski definition) is 0. The molecule has 2 unspecified atom stereocenters. The fraction of sp³-hybridized carbons (Fsp3) is 0.314. The van der Waals surface area contributed by atoms with Crippen LogP contribution in [0.4, 0.5) is 0 Å². The molecule has 0 heterocycles. The lowest BCUT2D eigenvalue weighted by molar-refractivity contribution is 0.564. The van der Waals surface area contributed by atoms with Crippen LogP contribution in [0, 0.1) is 5.92 Å². The molecule has 0 saturated carbocycles. The Morgan fingerprint density at radius 2 is 0.676 bits per heavy atom. The van der Waals surface area contributed by atoms with Crippen molar-refractivity contribution in [2.24, 2.45) is 5.92 Å². The summed E-state index contributed by atoms with van der Waals surface area (Å²) in [7, 11) is -0.872. The van der Waals surface area contributed by atoms with Gasteiger partial charge in [0.1, 0.15) is 0 Å². The van der Waals surface area contributed by atoms with E-state index in [-0.39, 0.29) is 0 Å². The first-order chi connectivity index (χ1) is 18.1. The van der Waals surface area contributed by atoms with Crippen molar-refractivity contribution < 1.29 is 0 Å². The van der Waals surface area contributed by atoms with E-state index in [2.05, 4.69) is 156 Å². The smallest absolute Gasteiger partial charge is 0.0125 e. The normalized spacial score (nSPS) is 13.5. The fourth-order valence-electron chi connectivity index (χ4n) is 4.82. The molecule has 0 aliphatic heterocycles. The molecule has 0 amide bonds. The van der Waals surface area contributed by atoms with Crippen LogP contribution >= 0.6 is 15.8 Å². The maximum absolute atomic E-state index is 2.48. The molecule has 0 aromatic heterocycles. The van der Waals surface area contributed by atoms with E-state index >= 15 is 0 Å². The molecule has 194 valence electrons. The third kappa shape index (κ3) is 8.37. The van der Waals surface area contributed by atoms with Crippen LogP contribution in [0.15, 0.2) is 121 Å². The predicted molar refractivity (Wildman–Crippen MR) is 171 cm³/mol. The first-order valence-electron chi connectivity index (χ1n) is 13.9. The Morgan fingerprint density at radius 1 is 0.432 bits per heavy atom. The summed E-state index contributed by atoms with van der Waals surface area (Å²) in [4.78, 5) is 0. The van der Waals surface area contributed by atoms with Gasteiger partial charge >= 0.3 is 0 Å². The van der Waals surface area contributed by atoms with Crippen molar-refractivity contribution in [1.82, 2.24) is 0 Å². The zero-order chi connectivity index (χ0) is 26.5. The molecule has 0 spiro atoms. The van der Waals surface area contributed by atoms with Crippen LogP contribution in [-0.2, 0) is 0 Å². The van der Waals surface area contributed by atoms with Crippen molar-refractivity contribution in [2.75, 3.05) is 0 Å². The monoisotopic (exact) mass is 526 g/mol. The Hall–Kier alpha value is -2.26. The van der Waals surface area contributed by atoms with Crippen LogP contribution in [0.5, 0.6) is 0 Å². The molecule has 4 aromatic carbocycles. The van der Waals surface area contributed by atoms with E-state index in [0.29, 0.717) is 17.2 Å². The highest BCUT2D eigenvalue weighted by Crippen LogP contribution is 2.50. The molecule has 0 bridgehead atoms. The van der Waals surface area contributed by atoms with Gasteiger partial charge in [-0.15, -0.1) is 0 Å². The van der Waals surface area contributed by atoms with E-state index in [9.17, 15) is 0 Å². The first kappa shape index (κ1) is 29.3. The highest BCUT2D eigenvalue weighted by atomic mass is 31.1. The summed E-state index contributed by atoms with van der Waals surface area (Å²) in [5, 5.41) is 5.90. The van der Waals surface area contributed by atoms with Crippen molar-refractivity contribution in [3.8, 4) is 0 Å². The van der Waals surface area contributed by atoms with Gasteiger partial charge in [0, 0.05) is 0 Å². The molecule has 37 heavy (non-hydrogen) atoms. The lowest BCUT2D eigenvalue weighted by Gasteiger charge is -2.37. The molecule has 0 aliphatic carbocycles. The quantitative estimate of drug-likeness (QED) is 0.181. The number of unbranched alkanes of at least 4 members (excludes halogenated alkanes) is 2. The van der Waals surface area contributed by atoms with Crippen LogP contribution in [0.1, 0.15) is 53.9 Å². The van der Waals surface area contributed by atoms with E-state index in [0.717, 1.165) is 0 Å². The van der Waals surface area contributed by atoms with Crippen LogP contribution in [-0.4, -0.2) is 11.3 Å². The Morgan fingerprint density at radius 3 is 0.865 bits per heavy atom. The second kappa shape index (κ2) is 15.9. The molecule has 4 aromatic rings. The van der Waals surface area contributed by atoms with Crippen molar-refractivity contribution in [3.63, 3.8) is 0 Å². The van der Waals surface area contributed by atoms with Crippen LogP contribution < -0.4 is 21.2 Å². The van der Waals surface area contributed by atoms with Gasteiger partial charge in [-0.3, -0.25) is 0 Å². The van der Waals surface area contributed by atoms with E-state index in [1.165, 1.54) is 40.5 Å². The van der Waals surface area contributed by atoms with E-state index in [4.69, 9.17) is 0 Å². The summed E-state index contributed by atoms with van der Waals surface area (Å²) in [6, 6.07) is 44.6. The summed E-state index contributed by atoms with van der Waals surface area (Å²) in [5.41, 5.74) is 1.14. The highest BCUT2D eigenvalue weighted by molar-refractivity contribution is 7.74. The zero-order valence-corrected chi connectivity index (χ0v) is 25.1. The molecule has 2 atom stereocenters. The van der Waals surface area contributed by atoms with Gasteiger partial charge in [-0.2, -0.15) is 0 Å². The molecule has 0 radical (unpaired) electrons. The Balaban J connectivity index is 0.000000695. The molecule has 0 aliphatic rings. The lowest BCUT2D eigenvalue weighted by atomic mass is 10.1. The molecule has 0 N–H and O–H groups in total. The molecule has 4 rings (SSSR count). The van der Waals surface area contributed by atoms with Gasteiger partial charge in [0.2, 0.25) is 0 Å². The van der Waals surface area contributed by atoms with Gasteiger partial charge in [-0.05, 0) is 54.3 Å². The highest BCUT2D eigenvalue weighted by Gasteiger charge is 2.33. The van der Waals surface area contributed by atoms with Gasteiger partial charge in [-0.25, -0.2) is 0 Å². The predicted octanol–water partition coefficient (Wildman–Crippen LogP) is 8.86. The molecular formula is C35H44P2. The minimum atomic E-state index is -0.436. The Labute approximate surface area is 229 Å². The summed E-state index contributed by atoms with van der Waals surface area (Å²) >= 11 is 0. The summed E-state index contributed by atoms with van der Waals surface area (Å²) < 4.78 is 0. The maximum atomic E-state index is 2.48. The van der Waals surface area contributed by atoms with Crippen molar-refractivity contribution in [2.45, 2.75) is 65.2 Å². The third-order valence-corrected chi connectivity index (χ3v) is 13.2. The van der Waals surface area contributed by atoms with Crippen molar-refractivity contribution >= 4 is 37.1 Å². The maximum Gasteiger partial charge on any atom is -0.0125 e. The summed E-state index contributed by atoms with van der Waals surface area (Å²) in [6.07, 6.45) is 4.08. The van der Waals surface area contributed by atoms with Gasteiger partial charge in [0.25, 0.3) is 0 Å². The van der Waals surface area contributed by atoms with Gasteiger partial charge in [-0.1, -0.05) is 175 Å². The zero-order valence-electron chi connectivity index (χ0n) is 23.3. The van der Waals surface area contributed by atoms with Crippen LogP contribution in [0.3, 0.4) is 0 Å². The van der Waals surface area contributed by atoms with Crippen molar-refractivity contribution in [1.29, 1.82) is 0 Å². The molecule has 2 heteroatoms. The van der Waals surface area contributed by atoms with Gasteiger partial charge in [0.05, 0.1) is 0 Å². The van der Waals surface area contributed by atoms with Crippen LogP contribution in [0.2, 0.25) is 0 Å². The largest absolute Gasteiger partial charge is 0.0654 e. The fourth-order valence-corrected chi connectivity index (χ4v) is 10.9. The van der Waals surface area contributed by atoms with Crippen LogP contribution in [0.25, 0.3) is 0 Å². The molecular weight excluding hydrogens is 482 g/mol. The Bertz CT molecular complexity index is 943. The number of benzene rings is 4. The Kier molecular flexibility index (Phi) is 12.6. The summed E-state index contributed by atoms with van der Waals surface area (Å²) in [5.74, 6) is 0.577. The second-order valence-electron chi connectivity index (χ2n) is 9.78. The summed E-state index contributed by atoms with van der Waals surface area (Å²) in [6.45, 7) is 11.9. The van der Waals surface area contributed by atoms with E-state index < -0.39 is 15.8 Å². The lowest BCUT2D eigenvalue weighted by Crippen LogP contribution is -2.33. The minimum absolute atomic E-state index is 0.436. The SMILES string of the molecule is CC(C(C)P(c1ccccc1)c1ccccc1)C(C)P(c1ccccc1)c1ccccc1.CCCCC. The van der Waals surface area contributed by atoms with E-state index in [1.807, 2.05) is 0 Å². The average molecular weight is 527 g/mol. The van der Waals surface area contributed by atoms with Gasteiger partial charge in [0.15, 0.2) is 0 Å². The third-order valence-electron chi connectivity index (χ3n) is 7.18. The minimum Gasteiger partial charge on any atom is -0.0654 e. The molecule has 0 saturated heterocycles. The van der Waals surface area contributed by atoms with E-state index in [1.54, 1.807) is 0 Å². The standard InChI is InChI=1S/C30H32P2.C5H12/c1-24(25(2)31(27-16-8-4-9-17-27)28-18-10-5-11-19-28)26(3)32(29-20-12-6-13-21-29)30-22-14-7-15-23-30;1-3-5-4-2/h4-26H,1-3H3;3-5H2,1-2H3.